The van der Waals surface area contributed by atoms with Crippen LogP contribution in [0.4, 0.5) is 0 Å². The van der Waals surface area contributed by atoms with Gasteiger partial charge >= 0.3 is 0 Å². The molecule has 0 aliphatic carbocycles. The van der Waals surface area contributed by atoms with Crippen LogP contribution in [0.1, 0.15) is 5.69 Å². The van der Waals surface area contributed by atoms with Gasteiger partial charge in [-0.05, 0) is 18.5 Å². The van der Waals surface area contributed by atoms with Crippen LogP contribution in [0.3, 0.4) is 0 Å². The molecule has 2 aliphatic rings. The highest BCUT2D eigenvalue weighted by Gasteiger charge is 2.33. The molecule has 0 saturated carbocycles. The van der Waals surface area contributed by atoms with Gasteiger partial charge in [0.1, 0.15) is 0 Å². The Morgan fingerprint density at radius 3 is 2.37 bits per heavy atom. The molecule has 2 fully saturated rings. The van der Waals surface area contributed by atoms with E-state index in [9.17, 15) is 8.42 Å². The first-order chi connectivity index (χ1) is 13.0. The number of nitrogens with zero attached hydrogens (tertiary/aromatic N) is 5. The van der Waals surface area contributed by atoms with Crippen molar-refractivity contribution in [1.29, 1.82) is 0 Å². The normalized spacial score (nSPS) is 21.7. The molecule has 27 heavy (non-hydrogen) atoms. The summed E-state index contributed by atoms with van der Waals surface area (Å²) in [6.07, 6.45) is 0. The van der Waals surface area contributed by atoms with E-state index in [0.29, 0.717) is 45.8 Å². The van der Waals surface area contributed by atoms with Crippen LogP contribution in [0.15, 0.2) is 28.1 Å². The summed E-state index contributed by atoms with van der Waals surface area (Å²) in [6, 6.07) is 5.97. The van der Waals surface area contributed by atoms with Gasteiger partial charge in [0, 0.05) is 65.0 Å². The highest BCUT2D eigenvalue weighted by Crippen LogP contribution is 2.25. The van der Waals surface area contributed by atoms with Gasteiger partial charge in [-0.3, -0.25) is 4.90 Å². The van der Waals surface area contributed by atoms with Crippen LogP contribution in [0.2, 0.25) is 0 Å². The molecule has 0 amide bonds. The molecular formula is C17H25N5O3S2. The highest BCUT2D eigenvalue weighted by molar-refractivity contribution is 7.86. The van der Waals surface area contributed by atoms with Crippen molar-refractivity contribution < 1.29 is 12.9 Å². The Morgan fingerprint density at radius 2 is 1.74 bits per heavy atom. The molecule has 0 spiro atoms. The van der Waals surface area contributed by atoms with Gasteiger partial charge in [-0.15, -0.1) is 11.3 Å². The molecule has 0 unspecified atom stereocenters. The van der Waals surface area contributed by atoms with Crippen LogP contribution < -0.4 is 0 Å². The predicted molar refractivity (Wildman–Crippen MR) is 105 cm³/mol. The largest absolute Gasteiger partial charge is 0.355 e. The van der Waals surface area contributed by atoms with E-state index in [4.69, 9.17) is 4.52 Å². The first-order valence-corrected chi connectivity index (χ1v) is 11.5. The van der Waals surface area contributed by atoms with Crippen molar-refractivity contribution >= 4 is 21.5 Å². The monoisotopic (exact) mass is 411 g/mol. The molecule has 4 rings (SSSR count). The minimum atomic E-state index is -3.35. The summed E-state index contributed by atoms with van der Waals surface area (Å²) in [4.78, 5) is 5.45. The first kappa shape index (κ1) is 19.0. The third-order valence-corrected chi connectivity index (χ3v) is 8.07. The van der Waals surface area contributed by atoms with Crippen LogP contribution in [0.5, 0.6) is 0 Å². The fourth-order valence-corrected chi connectivity index (χ4v) is 5.70. The Bertz CT molecular complexity index is 836. The first-order valence-electron chi connectivity index (χ1n) is 9.18. The van der Waals surface area contributed by atoms with E-state index in [1.165, 1.54) is 0 Å². The highest BCUT2D eigenvalue weighted by atomic mass is 32.2. The topological polar surface area (TPSA) is 73.1 Å². The van der Waals surface area contributed by atoms with Crippen molar-refractivity contribution in [3.63, 3.8) is 0 Å². The van der Waals surface area contributed by atoms with Crippen molar-refractivity contribution in [2.75, 3.05) is 59.4 Å². The summed E-state index contributed by atoms with van der Waals surface area (Å²) in [6.45, 7) is 5.84. The van der Waals surface area contributed by atoms with E-state index in [0.717, 1.165) is 29.4 Å². The van der Waals surface area contributed by atoms with E-state index in [1.807, 2.05) is 30.6 Å². The van der Waals surface area contributed by atoms with Crippen LogP contribution in [0, 0.1) is 0 Å². The quantitative estimate of drug-likeness (QED) is 0.731. The van der Waals surface area contributed by atoms with E-state index < -0.39 is 10.2 Å². The number of thiophene rings is 1. The summed E-state index contributed by atoms with van der Waals surface area (Å²) in [5.74, 6) is 0.788. The zero-order chi connectivity index (χ0) is 18.9. The van der Waals surface area contributed by atoms with E-state index in [1.54, 1.807) is 19.9 Å². The van der Waals surface area contributed by atoms with Gasteiger partial charge in [-0.25, -0.2) is 0 Å². The molecule has 0 bridgehead atoms. The molecule has 0 aromatic carbocycles. The van der Waals surface area contributed by atoms with E-state index in [-0.39, 0.29) is 0 Å². The molecule has 4 heterocycles. The van der Waals surface area contributed by atoms with Crippen molar-refractivity contribution in [3.8, 4) is 10.6 Å². The zero-order valence-corrected chi connectivity index (χ0v) is 17.1. The van der Waals surface area contributed by atoms with Crippen LogP contribution in [-0.4, -0.2) is 91.4 Å². The summed E-state index contributed by atoms with van der Waals surface area (Å²) in [7, 11) is -1.33. The van der Waals surface area contributed by atoms with Crippen molar-refractivity contribution in [2.45, 2.75) is 6.54 Å². The maximum Gasteiger partial charge on any atom is 0.282 e. The van der Waals surface area contributed by atoms with Crippen molar-refractivity contribution in [2.24, 2.45) is 0 Å². The molecule has 10 heteroatoms. The van der Waals surface area contributed by atoms with Crippen LogP contribution in [-0.2, 0) is 16.8 Å². The number of piperazine rings is 2. The average molecular weight is 412 g/mol. The lowest BCUT2D eigenvalue weighted by Crippen LogP contribution is -2.56. The lowest BCUT2D eigenvalue weighted by atomic mass is 10.3. The summed E-state index contributed by atoms with van der Waals surface area (Å²) < 4.78 is 34.3. The Kier molecular flexibility index (Phi) is 5.62. The minimum Gasteiger partial charge on any atom is -0.355 e. The lowest BCUT2D eigenvalue weighted by molar-refractivity contribution is 0.162. The predicted octanol–water partition coefficient (Wildman–Crippen LogP) is 1.01. The SMILES string of the molecule is CN1CCN(S(=O)(=O)N2CCN(Cc3cc(-c4cccs4)on3)CC2)CC1. The second-order valence-electron chi connectivity index (χ2n) is 7.05. The third-order valence-electron chi connectivity index (χ3n) is 5.15. The number of hydrogen-bond donors (Lipinski definition) is 0. The van der Waals surface area contributed by atoms with Gasteiger partial charge in [-0.2, -0.15) is 17.0 Å². The Labute approximate surface area is 164 Å². The summed E-state index contributed by atoms with van der Waals surface area (Å²) in [5, 5.41) is 6.17. The standard InChI is InChI=1S/C17H25N5O3S2/c1-19-4-8-21(9-5-19)27(23,24)22-10-6-20(7-11-22)14-15-13-16(25-18-15)17-3-2-12-26-17/h2-3,12-13H,4-11,14H2,1H3. The van der Waals surface area contributed by atoms with Crippen molar-refractivity contribution in [3.05, 3.63) is 29.3 Å². The molecule has 2 aliphatic heterocycles. The number of likely N-dealkylation sites (N-methyl/N-ethyl adjacent to an activating group) is 1. The van der Waals surface area contributed by atoms with Gasteiger partial charge in [0.25, 0.3) is 10.2 Å². The molecule has 0 atom stereocenters. The molecule has 8 nitrogen and oxygen atoms in total. The number of rotatable bonds is 5. The van der Waals surface area contributed by atoms with E-state index in [2.05, 4.69) is 15.0 Å². The Balaban J connectivity index is 1.31. The molecular weight excluding hydrogens is 386 g/mol. The lowest BCUT2D eigenvalue weighted by Gasteiger charge is -2.38. The zero-order valence-electron chi connectivity index (χ0n) is 15.5. The molecule has 0 radical (unpaired) electrons. The Hall–Kier alpha value is -1.30. The van der Waals surface area contributed by atoms with E-state index >= 15 is 0 Å². The molecule has 2 aromatic rings. The molecule has 0 N–H and O–H groups in total. The smallest absolute Gasteiger partial charge is 0.282 e. The summed E-state index contributed by atoms with van der Waals surface area (Å²) in [5.41, 5.74) is 0.883. The average Bonchev–Trinajstić information content (AvgIpc) is 3.34. The van der Waals surface area contributed by atoms with Crippen LogP contribution in [0.25, 0.3) is 10.6 Å². The van der Waals surface area contributed by atoms with Gasteiger partial charge in [-0.1, -0.05) is 11.2 Å². The third kappa shape index (κ3) is 4.25. The Morgan fingerprint density at radius 1 is 1.07 bits per heavy atom. The molecule has 148 valence electrons. The molecule has 2 aromatic heterocycles. The fraction of sp³-hybridized carbons (Fsp3) is 0.588. The fourth-order valence-electron chi connectivity index (χ4n) is 3.45. The number of hydrogen-bond acceptors (Lipinski definition) is 7. The number of aromatic nitrogens is 1. The van der Waals surface area contributed by atoms with Gasteiger partial charge < -0.3 is 9.42 Å². The maximum atomic E-state index is 12.8. The second-order valence-corrected chi connectivity index (χ2v) is 9.92. The minimum absolute atomic E-state index is 0.518. The van der Waals surface area contributed by atoms with Gasteiger partial charge in [0.2, 0.25) is 0 Å². The van der Waals surface area contributed by atoms with Crippen LogP contribution >= 0.6 is 11.3 Å². The van der Waals surface area contributed by atoms with Crippen molar-refractivity contribution in [1.82, 2.24) is 23.6 Å². The summed E-state index contributed by atoms with van der Waals surface area (Å²) >= 11 is 1.62. The van der Waals surface area contributed by atoms with Gasteiger partial charge in [0.05, 0.1) is 10.6 Å². The molecule has 2 saturated heterocycles. The van der Waals surface area contributed by atoms with Gasteiger partial charge in [0.15, 0.2) is 5.76 Å². The second kappa shape index (κ2) is 7.98. The maximum absolute atomic E-state index is 12.8.